The van der Waals surface area contributed by atoms with Crippen LogP contribution in [-0.4, -0.2) is 62.4 Å². The van der Waals surface area contributed by atoms with E-state index in [-0.39, 0.29) is 30.1 Å². The van der Waals surface area contributed by atoms with Crippen LogP contribution in [0.5, 0.6) is 0 Å². The molecule has 1 aliphatic heterocycles. The molecule has 1 atom stereocenters. The molecule has 1 saturated heterocycles. The lowest BCUT2D eigenvalue weighted by Crippen LogP contribution is -2.60. The molecule has 1 unspecified atom stereocenters. The van der Waals surface area contributed by atoms with E-state index in [9.17, 15) is 14.4 Å². The quantitative estimate of drug-likeness (QED) is 0.553. The summed E-state index contributed by atoms with van der Waals surface area (Å²) in [4.78, 5) is 42.3. The summed E-state index contributed by atoms with van der Waals surface area (Å²) in [6.07, 6.45) is 5.11. The van der Waals surface area contributed by atoms with Gasteiger partial charge in [-0.2, -0.15) is 0 Å². The number of benzene rings is 1. The fourth-order valence-corrected chi connectivity index (χ4v) is 4.46. The molecule has 1 saturated carbocycles. The van der Waals surface area contributed by atoms with Crippen molar-refractivity contribution in [3.8, 4) is 5.69 Å². The van der Waals surface area contributed by atoms with Crippen LogP contribution >= 0.6 is 23.2 Å². The van der Waals surface area contributed by atoms with E-state index in [0.717, 1.165) is 19.3 Å². The summed E-state index contributed by atoms with van der Waals surface area (Å²) in [7, 11) is 0. The van der Waals surface area contributed by atoms with Gasteiger partial charge in [-0.1, -0.05) is 47.7 Å². The molecule has 34 heavy (non-hydrogen) atoms. The molecule has 2 amide bonds. The fraction of sp³-hybridized carbons (Fsp3) is 0.522. The average molecular weight is 508 g/mol. The Bertz CT molecular complexity index is 1110. The highest BCUT2D eigenvalue weighted by Gasteiger charge is 2.41. The smallest absolute Gasteiger partial charge is 0.329 e. The van der Waals surface area contributed by atoms with Crippen LogP contribution in [0.15, 0.2) is 24.4 Å². The topological polar surface area (TPSA) is 97.6 Å². The Morgan fingerprint density at radius 1 is 1.15 bits per heavy atom. The maximum atomic E-state index is 13.3. The van der Waals surface area contributed by atoms with Gasteiger partial charge in [-0.15, -0.1) is 5.10 Å². The van der Waals surface area contributed by atoms with Crippen LogP contribution in [0.25, 0.3) is 5.69 Å². The van der Waals surface area contributed by atoms with Crippen molar-refractivity contribution in [2.24, 2.45) is 5.92 Å². The number of aromatic nitrogens is 3. The van der Waals surface area contributed by atoms with Gasteiger partial charge in [-0.3, -0.25) is 14.5 Å². The van der Waals surface area contributed by atoms with Gasteiger partial charge in [0.05, 0.1) is 17.6 Å². The van der Waals surface area contributed by atoms with Crippen molar-refractivity contribution in [1.29, 1.82) is 0 Å². The molecule has 2 heterocycles. The molecule has 2 fully saturated rings. The van der Waals surface area contributed by atoms with Crippen LogP contribution in [0.1, 0.15) is 46.5 Å². The van der Waals surface area contributed by atoms with Crippen LogP contribution in [-0.2, 0) is 19.1 Å². The lowest BCUT2D eigenvalue weighted by Gasteiger charge is -2.40. The molecule has 2 aliphatic rings. The summed E-state index contributed by atoms with van der Waals surface area (Å²) >= 11 is 12.1. The molecule has 11 heteroatoms. The summed E-state index contributed by atoms with van der Waals surface area (Å²) in [5.74, 6) is -0.807. The first kappa shape index (κ1) is 24.5. The lowest BCUT2D eigenvalue weighted by molar-refractivity contribution is -0.167. The van der Waals surface area contributed by atoms with Crippen LogP contribution < -0.4 is 4.90 Å². The van der Waals surface area contributed by atoms with Gasteiger partial charge in [0.1, 0.15) is 24.7 Å². The number of esters is 1. The first-order valence-electron chi connectivity index (χ1n) is 11.2. The van der Waals surface area contributed by atoms with Crippen molar-refractivity contribution in [3.05, 3.63) is 34.6 Å². The number of ether oxygens (including phenoxy) is 1. The number of hydrogen-bond donors (Lipinski definition) is 0. The number of carbonyl (C=O) groups is 3. The van der Waals surface area contributed by atoms with Crippen LogP contribution in [0.3, 0.4) is 0 Å². The monoisotopic (exact) mass is 507 g/mol. The molecule has 182 valence electrons. The van der Waals surface area contributed by atoms with E-state index in [0.29, 0.717) is 28.7 Å². The maximum Gasteiger partial charge on any atom is 0.329 e. The normalized spacial score (nSPS) is 18.1. The first-order chi connectivity index (χ1) is 16.0. The largest absolute Gasteiger partial charge is 0.458 e. The number of nitrogens with zero attached hydrogens (tertiary/aromatic N) is 5. The Morgan fingerprint density at radius 2 is 1.88 bits per heavy atom. The van der Waals surface area contributed by atoms with E-state index in [1.807, 2.05) is 0 Å². The van der Waals surface area contributed by atoms with Crippen molar-refractivity contribution >= 4 is 46.7 Å². The lowest BCUT2D eigenvalue weighted by atomic mass is 9.80. The Kier molecular flexibility index (Phi) is 6.87. The van der Waals surface area contributed by atoms with Gasteiger partial charge in [-0.05, 0) is 51.3 Å². The van der Waals surface area contributed by atoms with Crippen LogP contribution in [0.2, 0.25) is 10.2 Å². The Balaban J connectivity index is 1.60. The first-order valence-corrected chi connectivity index (χ1v) is 12.0. The summed E-state index contributed by atoms with van der Waals surface area (Å²) in [5, 5.41) is 8.31. The molecular formula is C23H27Cl2N5O4. The minimum atomic E-state index is -0.795. The molecular weight excluding hydrogens is 481 g/mol. The van der Waals surface area contributed by atoms with Gasteiger partial charge in [0.15, 0.2) is 5.15 Å². The number of anilines is 1. The van der Waals surface area contributed by atoms with Gasteiger partial charge >= 0.3 is 5.97 Å². The highest BCUT2D eigenvalue weighted by Crippen LogP contribution is 2.34. The van der Waals surface area contributed by atoms with Crippen molar-refractivity contribution in [1.82, 2.24) is 19.9 Å². The van der Waals surface area contributed by atoms with E-state index in [1.165, 1.54) is 20.7 Å². The van der Waals surface area contributed by atoms with Crippen molar-refractivity contribution in [3.63, 3.8) is 0 Å². The second-order valence-electron chi connectivity index (χ2n) is 9.70. The van der Waals surface area contributed by atoms with Crippen molar-refractivity contribution in [2.45, 2.75) is 58.1 Å². The van der Waals surface area contributed by atoms with E-state index in [4.69, 9.17) is 27.9 Å². The van der Waals surface area contributed by atoms with E-state index in [1.54, 1.807) is 39.0 Å². The molecule has 1 aromatic heterocycles. The molecule has 1 aromatic carbocycles. The molecule has 2 aromatic rings. The second kappa shape index (κ2) is 9.54. The van der Waals surface area contributed by atoms with Gasteiger partial charge in [0.2, 0.25) is 11.8 Å². The van der Waals surface area contributed by atoms with Gasteiger partial charge < -0.3 is 9.64 Å². The molecule has 0 spiro atoms. The number of halogens is 2. The number of carbonyl (C=O) groups excluding carboxylic acids is 3. The molecule has 0 bridgehead atoms. The molecule has 4 rings (SSSR count). The molecule has 0 N–H and O–H groups in total. The standard InChI is InChI=1S/C23H27Cl2N5O4/c1-23(2,3)34-22(33)18(9-14-5-4-6-14)29-13-20(31)28(12-21(29)32)17-10-15(24)7-8-16(17)30-11-19(25)26-27-30/h7-8,10-11,14,18H,4-6,9,12-13H2,1-3H3. The third-order valence-corrected chi connectivity index (χ3v) is 6.41. The Hall–Kier alpha value is -2.65. The van der Waals surface area contributed by atoms with E-state index < -0.39 is 17.6 Å². The van der Waals surface area contributed by atoms with Crippen molar-refractivity contribution < 1.29 is 19.1 Å². The van der Waals surface area contributed by atoms with Crippen LogP contribution in [0, 0.1) is 5.92 Å². The fourth-order valence-electron chi connectivity index (χ4n) is 4.17. The van der Waals surface area contributed by atoms with E-state index in [2.05, 4.69) is 10.3 Å². The number of rotatable bonds is 6. The summed E-state index contributed by atoms with van der Waals surface area (Å²) in [5.41, 5.74) is 0.204. The average Bonchev–Trinajstić information content (AvgIpc) is 3.13. The van der Waals surface area contributed by atoms with Gasteiger partial charge in [0, 0.05) is 5.02 Å². The summed E-state index contributed by atoms with van der Waals surface area (Å²) in [6.45, 7) is 4.88. The third kappa shape index (κ3) is 5.36. The Morgan fingerprint density at radius 3 is 2.47 bits per heavy atom. The highest BCUT2D eigenvalue weighted by molar-refractivity contribution is 6.31. The number of piperazine rings is 1. The minimum absolute atomic E-state index is 0.185. The predicted molar refractivity (Wildman–Crippen MR) is 127 cm³/mol. The summed E-state index contributed by atoms with van der Waals surface area (Å²) < 4.78 is 7.02. The zero-order chi connectivity index (χ0) is 24.6. The number of amides is 2. The zero-order valence-electron chi connectivity index (χ0n) is 19.3. The van der Waals surface area contributed by atoms with Gasteiger partial charge in [0.25, 0.3) is 0 Å². The predicted octanol–water partition coefficient (Wildman–Crippen LogP) is 3.65. The maximum absolute atomic E-state index is 13.3. The van der Waals surface area contributed by atoms with Crippen molar-refractivity contribution in [2.75, 3.05) is 18.0 Å². The SMILES string of the molecule is CC(C)(C)OC(=O)C(CC1CCC1)N1CC(=O)N(c2cc(Cl)ccc2-n2cc(Cl)nn2)CC1=O. The second-order valence-corrected chi connectivity index (χ2v) is 10.5. The number of hydrogen-bond acceptors (Lipinski definition) is 6. The summed E-state index contributed by atoms with van der Waals surface area (Å²) in [6, 6.07) is 4.12. The third-order valence-electron chi connectivity index (χ3n) is 6.00. The van der Waals surface area contributed by atoms with Gasteiger partial charge in [-0.25, -0.2) is 9.48 Å². The molecule has 1 aliphatic carbocycles. The molecule has 9 nitrogen and oxygen atoms in total. The Labute approximate surface area is 207 Å². The minimum Gasteiger partial charge on any atom is -0.458 e. The highest BCUT2D eigenvalue weighted by atomic mass is 35.5. The van der Waals surface area contributed by atoms with Crippen LogP contribution in [0.4, 0.5) is 5.69 Å². The zero-order valence-corrected chi connectivity index (χ0v) is 20.8. The van der Waals surface area contributed by atoms with E-state index >= 15 is 0 Å². The molecule has 0 radical (unpaired) electrons.